The normalized spacial score (nSPS) is 11.2. The number of carbonyl (C=O) groups excluding carboxylic acids is 1. The van der Waals surface area contributed by atoms with Gasteiger partial charge in [-0.25, -0.2) is 8.42 Å². The van der Waals surface area contributed by atoms with Gasteiger partial charge in [-0.2, -0.15) is 0 Å². The lowest BCUT2D eigenvalue weighted by molar-refractivity contribution is -0.118. The van der Waals surface area contributed by atoms with Gasteiger partial charge in [0, 0.05) is 20.3 Å². The van der Waals surface area contributed by atoms with E-state index in [9.17, 15) is 13.2 Å². The van der Waals surface area contributed by atoms with Crippen LogP contribution in [0.2, 0.25) is 0 Å². The van der Waals surface area contributed by atoms with Gasteiger partial charge in [0.1, 0.15) is 5.75 Å². The molecule has 6 nitrogen and oxygen atoms in total. The Hall–Kier alpha value is -1.60. The van der Waals surface area contributed by atoms with Gasteiger partial charge >= 0.3 is 0 Å². The molecule has 0 radical (unpaired) electrons. The Morgan fingerprint density at radius 2 is 2.05 bits per heavy atom. The number of ether oxygens (including phenoxy) is 1. The summed E-state index contributed by atoms with van der Waals surface area (Å²) in [5, 5.41) is 2.52. The van der Waals surface area contributed by atoms with Crippen molar-refractivity contribution < 1.29 is 17.9 Å². The number of nitrogens with two attached hydrogens (primary N) is 1. The van der Waals surface area contributed by atoms with E-state index in [1.165, 1.54) is 12.1 Å². The van der Waals surface area contributed by atoms with Crippen LogP contribution in [0.25, 0.3) is 0 Å². The zero-order valence-corrected chi connectivity index (χ0v) is 11.6. The van der Waals surface area contributed by atoms with E-state index in [2.05, 4.69) is 5.32 Å². The molecule has 1 rings (SSSR count). The molecule has 1 aromatic carbocycles. The lowest BCUT2D eigenvalue weighted by atomic mass is 10.3. The van der Waals surface area contributed by atoms with E-state index in [-0.39, 0.29) is 10.6 Å². The van der Waals surface area contributed by atoms with Crippen molar-refractivity contribution in [3.05, 3.63) is 24.3 Å². The maximum absolute atomic E-state index is 12.0. The Morgan fingerprint density at radius 3 is 2.68 bits per heavy atom. The van der Waals surface area contributed by atoms with Crippen LogP contribution in [-0.2, 0) is 19.4 Å². The van der Waals surface area contributed by atoms with E-state index in [0.29, 0.717) is 19.6 Å². The Bertz CT molecular complexity index is 528. The van der Waals surface area contributed by atoms with Crippen LogP contribution in [0, 0.1) is 0 Å². The van der Waals surface area contributed by atoms with Gasteiger partial charge in [-0.05, 0) is 18.6 Å². The Balaban J connectivity index is 2.60. The number of nitrogen functional groups attached to an aromatic ring is 1. The van der Waals surface area contributed by atoms with Gasteiger partial charge < -0.3 is 15.8 Å². The fraction of sp³-hybridized carbons (Fsp3) is 0.417. The molecule has 0 aromatic heterocycles. The highest BCUT2D eigenvalue weighted by Gasteiger charge is 2.21. The molecule has 0 aliphatic carbocycles. The SMILES string of the molecule is COCCCNC(=O)CS(=O)(=O)c1ccccc1N. The number of sulfone groups is 1. The first-order valence-corrected chi connectivity index (χ1v) is 7.45. The summed E-state index contributed by atoms with van der Waals surface area (Å²) in [5.74, 6) is -1.15. The average Bonchev–Trinajstić information content (AvgIpc) is 2.34. The molecule has 0 atom stereocenters. The van der Waals surface area contributed by atoms with Gasteiger partial charge in [0.2, 0.25) is 5.91 Å². The van der Waals surface area contributed by atoms with Gasteiger partial charge in [-0.1, -0.05) is 12.1 Å². The number of amides is 1. The van der Waals surface area contributed by atoms with E-state index in [1.54, 1.807) is 19.2 Å². The molecule has 0 fully saturated rings. The molecule has 0 saturated heterocycles. The summed E-state index contributed by atoms with van der Waals surface area (Å²) in [6, 6.07) is 6.09. The summed E-state index contributed by atoms with van der Waals surface area (Å²) in [6.45, 7) is 0.894. The molecular formula is C12H18N2O4S. The summed E-state index contributed by atoms with van der Waals surface area (Å²) >= 11 is 0. The van der Waals surface area contributed by atoms with Crippen LogP contribution in [0.15, 0.2) is 29.2 Å². The van der Waals surface area contributed by atoms with Crippen molar-refractivity contribution in [3.8, 4) is 0 Å². The van der Waals surface area contributed by atoms with Gasteiger partial charge in [-0.3, -0.25) is 4.79 Å². The standard InChI is InChI=1S/C12H18N2O4S/c1-18-8-4-7-14-12(15)9-19(16,17)11-6-3-2-5-10(11)13/h2-3,5-6H,4,7-9,13H2,1H3,(H,14,15). The molecule has 1 aromatic rings. The minimum Gasteiger partial charge on any atom is -0.398 e. The minimum absolute atomic E-state index is 0.0120. The van der Waals surface area contributed by atoms with Gasteiger partial charge in [-0.15, -0.1) is 0 Å². The van der Waals surface area contributed by atoms with Crippen molar-refractivity contribution in [2.75, 3.05) is 31.7 Å². The second-order valence-corrected chi connectivity index (χ2v) is 5.95. The highest BCUT2D eigenvalue weighted by molar-refractivity contribution is 7.92. The lowest BCUT2D eigenvalue weighted by Gasteiger charge is -2.08. The van der Waals surface area contributed by atoms with Crippen molar-refractivity contribution in [1.29, 1.82) is 0 Å². The first-order valence-electron chi connectivity index (χ1n) is 5.80. The molecule has 1 amide bonds. The number of anilines is 1. The molecule has 106 valence electrons. The first kappa shape index (κ1) is 15.5. The molecule has 0 aliphatic rings. The fourth-order valence-electron chi connectivity index (χ4n) is 1.51. The highest BCUT2D eigenvalue weighted by Crippen LogP contribution is 2.18. The summed E-state index contributed by atoms with van der Waals surface area (Å²) in [6.07, 6.45) is 0.635. The summed E-state index contributed by atoms with van der Waals surface area (Å²) in [4.78, 5) is 11.5. The summed E-state index contributed by atoms with van der Waals surface area (Å²) in [7, 11) is -2.14. The topological polar surface area (TPSA) is 98.5 Å². The van der Waals surface area contributed by atoms with Crippen LogP contribution in [-0.4, -0.2) is 40.3 Å². The zero-order valence-electron chi connectivity index (χ0n) is 10.8. The van der Waals surface area contributed by atoms with Crippen LogP contribution in [0.3, 0.4) is 0 Å². The van der Waals surface area contributed by atoms with E-state index in [1.807, 2.05) is 0 Å². The van der Waals surface area contributed by atoms with Gasteiger partial charge in [0.05, 0.1) is 10.6 Å². The maximum Gasteiger partial charge on any atom is 0.235 e. The Kier molecular flexibility index (Phi) is 5.78. The van der Waals surface area contributed by atoms with Crippen molar-refractivity contribution in [2.24, 2.45) is 0 Å². The number of methoxy groups -OCH3 is 1. The zero-order chi connectivity index (χ0) is 14.3. The summed E-state index contributed by atoms with van der Waals surface area (Å²) in [5.41, 5.74) is 5.74. The molecule has 0 bridgehead atoms. The number of para-hydroxylation sites is 1. The number of carbonyl (C=O) groups is 1. The van der Waals surface area contributed by atoms with E-state index in [0.717, 1.165) is 0 Å². The number of nitrogens with one attached hydrogen (secondary N) is 1. The lowest BCUT2D eigenvalue weighted by Crippen LogP contribution is -2.31. The van der Waals surface area contributed by atoms with Crippen molar-refractivity contribution in [3.63, 3.8) is 0 Å². The van der Waals surface area contributed by atoms with E-state index in [4.69, 9.17) is 10.5 Å². The Morgan fingerprint density at radius 1 is 1.37 bits per heavy atom. The maximum atomic E-state index is 12.0. The van der Waals surface area contributed by atoms with Gasteiger partial charge in [0.25, 0.3) is 0 Å². The molecule has 0 heterocycles. The molecule has 19 heavy (non-hydrogen) atoms. The van der Waals surface area contributed by atoms with Crippen molar-refractivity contribution in [1.82, 2.24) is 5.32 Å². The monoisotopic (exact) mass is 286 g/mol. The van der Waals surface area contributed by atoms with Crippen LogP contribution >= 0.6 is 0 Å². The molecular weight excluding hydrogens is 268 g/mol. The third kappa shape index (κ3) is 4.88. The number of hydrogen-bond acceptors (Lipinski definition) is 5. The van der Waals surface area contributed by atoms with Gasteiger partial charge in [0.15, 0.2) is 9.84 Å². The Labute approximate surface area is 112 Å². The first-order chi connectivity index (χ1) is 8.97. The second-order valence-electron chi connectivity index (χ2n) is 3.99. The summed E-state index contributed by atoms with van der Waals surface area (Å²) < 4.78 is 28.8. The van der Waals surface area contributed by atoms with Crippen LogP contribution in [0.5, 0.6) is 0 Å². The molecule has 0 saturated carbocycles. The van der Waals surface area contributed by atoms with Crippen molar-refractivity contribution in [2.45, 2.75) is 11.3 Å². The minimum atomic E-state index is -3.70. The van der Waals surface area contributed by atoms with E-state index >= 15 is 0 Å². The number of rotatable bonds is 7. The average molecular weight is 286 g/mol. The third-order valence-electron chi connectivity index (χ3n) is 2.42. The predicted molar refractivity (Wildman–Crippen MR) is 72.4 cm³/mol. The number of benzene rings is 1. The van der Waals surface area contributed by atoms with Crippen LogP contribution < -0.4 is 11.1 Å². The van der Waals surface area contributed by atoms with Crippen molar-refractivity contribution >= 4 is 21.4 Å². The van der Waals surface area contributed by atoms with Crippen LogP contribution in [0.4, 0.5) is 5.69 Å². The molecule has 7 heteroatoms. The van der Waals surface area contributed by atoms with E-state index < -0.39 is 21.5 Å². The number of hydrogen-bond donors (Lipinski definition) is 2. The molecule has 3 N–H and O–H groups in total. The molecule has 0 spiro atoms. The largest absolute Gasteiger partial charge is 0.398 e. The molecule has 0 unspecified atom stereocenters. The smallest absolute Gasteiger partial charge is 0.235 e. The highest BCUT2D eigenvalue weighted by atomic mass is 32.2. The molecule has 0 aliphatic heterocycles. The predicted octanol–water partition coefficient (Wildman–Crippen LogP) is 0.195. The van der Waals surface area contributed by atoms with Crippen LogP contribution in [0.1, 0.15) is 6.42 Å². The fourth-order valence-corrected chi connectivity index (χ4v) is 2.83. The quantitative estimate of drug-likeness (QED) is 0.551. The second kappa shape index (κ2) is 7.10. The third-order valence-corrected chi connectivity index (χ3v) is 4.11.